The summed E-state index contributed by atoms with van der Waals surface area (Å²) >= 11 is 0. The molecule has 0 spiro atoms. The van der Waals surface area contributed by atoms with Crippen molar-refractivity contribution in [2.45, 2.75) is 26.4 Å². The summed E-state index contributed by atoms with van der Waals surface area (Å²) in [5.41, 5.74) is 0.684. The highest BCUT2D eigenvalue weighted by atomic mass is 16.1. The van der Waals surface area contributed by atoms with E-state index in [1.165, 1.54) is 6.07 Å². The minimum absolute atomic E-state index is 0.00273. The van der Waals surface area contributed by atoms with Gasteiger partial charge in [0.1, 0.15) is 11.6 Å². The van der Waals surface area contributed by atoms with E-state index in [4.69, 9.17) is 5.26 Å². The molecule has 3 rings (SSSR count). The van der Waals surface area contributed by atoms with Crippen LogP contribution in [-0.4, -0.2) is 19.3 Å². The van der Waals surface area contributed by atoms with Crippen LogP contribution in [0.4, 0.5) is 0 Å². The number of rotatable bonds is 3. The molecule has 1 N–H and O–H groups in total. The summed E-state index contributed by atoms with van der Waals surface area (Å²) in [5.74, 6) is 0. The number of nitriles is 1. The first-order chi connectivity index (χ1) is 11.0. The highest BCUT2D eigenvalue weighted by molar-refractivity contribution is 5.78. The number of aromatic amines is 1. The van der Waals surface area contributed by atoms with Gasteiger partial charge in [-0.2, -0.15) is 10.4 Å². The molecule has 0 fully saturated rings. The lowest BCUT2D eigenvalue weighted by atomic mass is 10.2. The van der Waals surface area contributed by atoms with Crippen molar-refractivity contribution in [3.63, 3.8) is 0 Å². The molecule has 0 aliphatic rings. The molecule has 1 atom stereocenters. The molecular weight excluding hydrogens is 294 g/mol. The molecule has 1 unspecified atom stereocenters. The van der Waals surface area contributed by atoms with Crippen molar-refractivity contribution in [2.24, 2.45) is 0 Å². The lowest BCUT2D eigenvalue weighted by molar-refractivity contribution is 0.421. The number of aryl methyl sites for hydroxylation is 1. The van der Waals surface area contributed by atoms with Crippen LogP contribution in [0, 0.1) is 18.3 Å². The van der Waals surface area contributed by atoms with Gasteiger partial charge in [-0.15, -0.1) is 0 Å². The molecule has 0 saturated carbocycles. The maximum absolute atomic E-state index is 12.6. The van der Waals surface area contributed by atoms with Crippen molar-refractivity contribution in [1.82, 2.24) is 19.3 Å². The second-order valence-electron chi connectivity index (χ2n) is 5.57. The van der Waals surface area contributed by atoms with E-state index < -0.39 is 5.56 Å². The molecule has 3 aromatic heterocycles. The Morgan fingerprint density at radius 1 is 1.43 bits per heavy atom. The molecule has 0 bridgehead atoms. The van der Waals surface area contributed by atoms with E-state index in [0.717, 1.165) is 5.56 Å². The monoisotopic (exact) mass is 309 g/mol. The van der Waals surface area contributed by atoms with Gasteiger partial charge in [0.05, 0.1) is 23.1 Å². The lowest BCUT2D eigenvalue weighted by Gasteiger charge is -2.14. The molecule has 3 heterocycles. The number of hydrogen-bond donors (Lipinski definition) is 1. The Hall–Kier alpha value is -3.14. The van der Waals surface area contributed by atoms with Crippen LogP contribution in [-0.2, 0) is 6.54 Å². The van der Waals surface area contributed by atoms with E-state index in [9.17, 15) is 9.59 Å². The fourth-order valence-electron chi connectivity index (χ4n) is 2.51. The van der Waals surface area contributed by atoms with Crippen LogP contribution >= 0.6 is 0 Å². The molecule has 7 heteroatoms. The van der Waals surface area contributed by atoms with Gasteiger partial charge in [-0.3, -0.25) is 14.3 Å². The zero-order valence-corrected chi connectivity index (χ0v) is 12.8. The van der Waals surface area contributed by atoms with Crippen LogP contribution in [0.5, 0.6) is 0 Å². The van der Waals surface area contributed by atoms with Gasteiger partial charge in [0.15, 0.2) is 0 Å². The maximum atomic E-state index is 12.6. The summed E-state index contributed by atoms with van der Waals surface area (Å²) in [6.07, 6.45) is 5.32. The second kappa shape index (κ2) is 5.57. The van der Waals surface area contributed by atoms with Crippen molar-refractivity contribution >= 4 is 10.9 Å². The van der Waals surface area contributed by atoms with Crippen molar-refractivity contribution in [1.29, 1.82) is 5.26 Å². The molecule has 0 aliphatic heterocycles. The third-order valence-corrected chi connectivity index (χ3v) is 3.75. The summed E-state index contributed by atoms with van der Waals surface area (Å²) < 4.78 is 3.36. The van der Waals surface area contributed by atoms with E-state index in [2.05, 4.69) is 10.1 Å². The molecular formula is C16H15N5O2. The van der Waals surface area contributed by atoms with E-state index in [0.29, 0.717) is 17.4 Å². The van der Waals surface area contributed by atoms with Crippen molar-refractivity contribution in [3.8, 4) is 6.07 Å². The lowest BCUT2D eigenvalue weighted by Crippen LogP contribution is -2.25. The minimum Gasteiger partial charge on any atom is -0.321 e. The van der Waals surface area contributed by atoms with Crippen LogP contribution in [0.25, 0.3) is 10.9 Å². The standard InChI is InChI=1S/C16H15N5O2/c1-10-7-18-21(8-10)11(2)9-20-4-3-14-13(16(20)23)5-12(6-17)15(22)19-14/h3-5,7-8,11H,9H2,1-2H3,(H,19,22). The smallest absolute Gasteiger partial charge is 0.266 e. The van der Waals surface area contributed by atoms with Gasteiger partial charge in [0, 0.05) is 18.9 Å². The van der Waals surface area contributed by atoms with Crippen molar-refractivity contribution < 1.29 is 0 Å². The van der Waals surface area contributed by atoms with E-state index >= 15 is 0 Å². The largest absolute Gasteiger partial charge is 0.321 e. The molecule has 0 aromatic carbocycles. The predicted molar refractivity (Wildman–Crippen MR) is 85.2 cm³/mol. The molecule has 0 radical (unpaired) electrons. The van der Waals surface area contributed by atoms with E-state index in [1.54, 1.807) is 33.8 Å². The van der Waals surface area contributed by atoms with Crippen LogP contribution in [0.2, 0.25) is 0 Å². The molecule has 116 valence electrons. The second-order valence-corrected chi connectivity index (χ2v) is 5.57. The number of nitrogens with one attached hydrogen (secondary N) is 1. The van der Waals surface area contributed by atoms with Crippen LogP contribution in [0.15, 0.2) is 40.3 Å². The number of pyridine rings is 2. The Balaban J connectivity index is 2.04. The third-order valence-electron chi connectivity index (χ3n) is 3.75. The predicted octanol–water partition coefficient (Wildman–Crippen LogP) is 1.33. The molecule has 0 saturated heterocycles. The number of hydrogen-bond acceptors (Lipinski definition) is 4. The topological polar surface area (TPSA) is 96.5 Å². The normalized spacial score (nSPS) is 12.2. The highest BCUT2D eigenvalue weighted by Crippen LogP contribution is 2.10. The average Bonchev–Trinajstić information content (AvgIpc) is 2.96. The fraction of sp³-hybridized carbons (Fsp3) is 0.250. The van der Waals surface area contributed by atoms with Crippen LogP contribution in [0.1, 0.15) is 24.1 Å². The fourth-order valence-corrected chi connectivity index (χ4v) is 2.51. The molecule has 0 amide bonds. The van der Waals surface area contributed by atoms with Gasteiger partial charge in [-0.05, 0) is 31.5 Å². The first-order valence-corrected chi connectivity index (χ1v) is 7.17. The third kappa shape index (κ3) is 2.66. The molecule has 23 heavy (non-hydrogen) atoms. The quantitative estimate of drug-likeness (QED) is 0.789. The van der Waals surface area contributed by atoms with Crippen LogP contribution in [0.3, 0.4) is 0 Å². The van der Waals surface area contributed by atoms with Gasteiger partial charge in [-0.1, -0.05) is 0 Å². The van der Waals surface area contributed by atoms with E-state index in [-0.39, 0.29) is 17.2 Å². The number of H-pyrrole nitrogens is 1. The Morgan fingerprint density at radius 2 is 2.22 bits per heavy atom. The van der Waals surface area contributed by atoms with Gasteiger partial charge >= 0.3 is 0 Å². The SMILES string of the molecule is Cc1cnn(C(C)Cn2ccc3[nH]c(=O)c(C#N)cc3c2=O)c1. The zero-order chi connectivity index (χ0) is 16.6. The van der Waals surface area contributed by atoms with Crippen molar-refractivity contribution in [2.75, 3.05) is 0 Å². The van der Waals surface area contributed by atoms with Gasteiger partial charge in [0.2, 0.25) is 0 Å². The van der Waals surface area contributed by atoms with Crippen LogP contribution < -0.4 is 11.1 Å². The average molecular weight is 309 g/mol. The molecule has 0 aliphatic carbocycles. The summed E-state index contributed by atoms with van der Waals surface area (Å²) in [4.78, 5) is 26.8. The van der Waals surface area contributed by atoms with Gasteiger partial charge in [0.25, 0.3) is 11.1 Å². The zero-order valence-electron chi connectivity index (χ0n) is 12.8. The first kappa shape index (κ1) is 14.8. The Kier molecular flexibility index (Phi) is 3.58. The maximum Gasteiger partial charge on any atom is 0.266 e. The Labute approximate surface area is 131 Å². The Bertz CT molecular complexity index is 1040. The summed E-state index contributed by atoms with van der Waals surface area (Å²) in [6.45, 7) is 4.37. The Morgan fingerprint density at radius 3 is 2.87 bits per heavy atom. The highest BCUT2D eigenvalue weighted by Gasteiger charge is 2.11. The summed E-state index contributed by atoms with van der Waals surface area (Å²) in [6, 6.07) is 4.80. The number of nitrogens with zero attached hydrogens (tertiary/aromatic N) is 4. The summed E-state index contributed by atoms with van der Waals surface area (Å²) in [5, 5.41) is 13.5. The summed E-state index contributed by atoms with van der Waals surface area (Å²) in [7, 11) is 0. The first-order valence-electron chi connectivity index (χ1n) is 7.17. The van der Waals surface area contributed by atoms with E-state index in [1.807, 2.05) is 20.0 Å². The van der Waals surface area contributed by atoms with Gasteiger partial charge < -0.3 is 9.55 Å². The van der Waals surface area contributed by atoms with Gasteiger partial charge in [-0.25, -0.2) is 0 Å². The molecule has 7 nitrogen and oxygen atoms in total. The minimum atomic E-state index is -0.488. The number of aromatic nitrogens is 4. The molecule has 3 aromatic rings. The number of fused-ring (bicyclic) bond motifs is 1. The van der Waals surface area contributed by atoms with Crippen molar-refractivity contribution in [3.05, 3.63) is 62.6 Å².